The van der Waals surface area contributed by atoms with E-state index in [4.69, 9.17) is 5.73 Å². The van der Waals surface area contributed by atoms with E-state index in [-0.39, 0.29) is 0 Å². The first-order chi connectivity index (χ1) is 14.4. The SMILES string of the molecule is CCCC(C(C)CC)C1CCC2(C)C3Cc4ccc(N)cc4C12CCN3CC1CC1. The lowest BCUT2D eigenvalue weighted by Crippen LogP contribution is -2.66. The van der Waals surface area contributed by atoms with Crippen molar-refractivity contribution in [1.82, 2.24) is 4.90 Å². The fourth-order valence-corrected chi connectivity index (χ4v) is 8.50. The number of piperidine rings is 1. The van der Waals surface area contributed by atoms with Gasteiger partial charge >= 0.3 is 0 Å². The maximum absolute atomic E-state index is 6.43. The summed E-state index contributed by atoms with van der Waals surface area (Å²) in [6.45, 7) is 12.7. The molecular weight excluding hydrogens is 364 g/mol. The Bertz CT molecular complexity index is 783. The van der Waals surface area contributed by atoms with Gasteiger partial charge in [-0.15, -0.1) is 0 Å². The van der Waals surface area contributed by atoms with Crippen molar-refractivity contribution in [3.05, 3.63) is 29.3 Å². The molecule has 2 heteroatoms. The lowest BCUT2D eigenvalue weighted by Gasteiger charge is -2.63. The Labute approximate surface area is 185 Å². The third kappa shape index (κ3) is 2.92. The highest BCUT2D eigenvalue weighted by Crippen LogP contribution is 2.69. The predicted molar refractivity (Wildman–Crippen MR) is 128 cm³/mol. The molecule has 2 saturated carbocycles. The molecule has 5 rings (SSSR count). The molecule has 166 valence electrons. The largest absolute Gasteiger partial charge is 0.399 e. The van der Waals surface area contributed by atoms with E-state index in [0.29, 0.717) is 10.8 Å². The molecule has 0 amide bonds. The van der Waals surface area contributed by atoms with Crippen molar-refractivity contribution < 1.29 is 0 Å². The zero-order valence-corrected chi connectivity index (χ0v) is 19.9. The zero-order chi connectivity index (χ0) is 21.1. The van der Waals surface area contributed by atoms with Crippen LogP contribution in [0.2, 0.25) is 0 Å². The number of rotatable bonds is 7. The van der Waals surface area contributed by atoms with Crippen molar-refractivity contribution in [1.29, 1.82) is 0 Å². The van der Waals surface area contributed by atoms with E-state index in [0.717, 1.165) is 35.4 Å². The van der Waals surface area contributed by atoms with Gasteiger partial charge in [0.25, 0.3) is 0 Å². The molecule has 0 radical (unpaired) electrons. The molecule has 1 saturated heterocycles. The van der Waals surface area contributed by atoms with Gasteiger partial charge in [-0.1, -0.05) is 53.0 Å². The van der Waals surface area contributed by atoms with Crippen LogP contribution in [0.15, 0.2) is 18.2 Å². The lowest BCUT2D eigenvalue weighted by molar-refractivity contribution is -0.0665. The number of nitrogens with zero attached hydrogens (tertiary/aromatic N) is 1. The third-order valence-electron chi connectivity index (χ3n) is 10.3. The highest BCUT2D eigenvalue weighted by molar-refractivity contribution is 5.53. The molecule has 1 heterocycles. The molecule has 1 aliphatic heterocycles. The smallest absolute Gasteiger partial charge is 0.0317 e. The summed E-state index contributed by atoms with van der Waals surface area (Å²) in [5.41, 5.74) is 11.4. The Morgan fingerprint density at radius 2 is 1.97 bits per heavy atom. The summed E-state index contributed by atoms with van der Waals surface area (Å²) in [6.07, 6.45) is 12.4. The minimum absolute atomic E-state index is 0.337. The van der Waals surface area contributed by atoms with Crippen LogP contribution < -0.4 is 5.73 Å². The van der Waals surface area contributed by atoms with E-state index in [1.165, 1.54) is 70.9 Å². The molecule has 2 N–H and O–H groups in total. The summed E-state index contributed by atoms with van der Waals surface area (Å²) in [6, 6.07) is 7.71. The maximum atomic E-state index is 6.43. The summed E-state index contributed by atoms with van der Waals surface area (Å²) >= 11 is 0. The minimum Gasteiger partial charge on any atom is -0.399 e. The topological polar surface area (TPSA) is 29.3 Å². The van der Waals surface area contributed by atoms with Gasteiger partial charge < -0.3 is 5.73 Å². The van der Waals surface area contributed by atoms with E-state index in [1.54, 1.807) is 11.1 Å². The molecule has 3 aliphatic carbocycles. The van der Waals surface area contributed by atoms with Crippen LogP contribution in [0.25, 0.3) is 0 Å². The monoisotopic (exact) mass is 408 g/mol. The summed E-state index contributed by atoms with van der Waals surface area (Å²) in [5.74, 6) is 3.48. The highest BCUT2D eigenvalue weighted by atomic mass is 15.2. The van der Waals surface area contributed by atoms with Crippen LogP contribution >= 0.6 is 0 Å². The fraction of sp³-hybridized carbons (Fsp3) is 0.786. The average molecular weight is 409 g/mol. The number of benzene rings is 1. The van der Waals surface area contributed by atoms with E-state index < -0.39 is 0 Å². The minimum atomic E-state index is 0.337. The highest BCUT2D eigenvalue weighted by Gasteiger charge is 2.67. The second-order valence-corrected chi connectivity index (χ2v) is 11.7. The van der Waals surface area contributed by atoms with Gasteiger partial charge in [0.2, 0.25) is 0 Å². The average Bonchev–Trinajstić information content (AvgIpc) is 3.49. The second-order valence-electron chi connectivity index (χ2n) is 11.7. The molecule has 1 aromatic carbocycles. The molecule has 4 aliphatic rings. The normalized spacial score (nSPS) is 37.5. The van der Waals surface area contributed by atoms with Gasteiger partial charge in [0, 0.05) is 23.7 Å². The van der Waals surface area contributed by atoms with Crippen molar-refractivity contribution in [3.8, 4) is 0 Å². The van der Waals surface area contributed by atoms with Crippen LogP contribution in [-0.4, -0.2) is 24.0 Å². The number of hydrogen-bond acceptors (Lipinski definition) is 2. The number of hydrogen-bond donors (Lipinski definition) is 1. The van der Waals surface area contributed by atoms with Crippen molar-refractivity contribution in [3.63, 3.8) is 0 Å². The van der Waals surface area contributed by atoms with Gasteiger partial charge in [0.15, 0.2) is 0 Å². The van der Waals surface area contributed by atoms with Crippen molar-refractivity contribution in [2.24, 2.45) is 29.1 Å². The van der Waals surface area contributed by atoms with Crippen LogP contribution in [0.4, 0.5) is 5.69 Å². The molecule has 0 aromatic heterocycles. The number of nitrogens with two attached hydrogens (primary N) is 1. The van der Waals surface area contributed by atoms with Crippen molar-refractivity contribution >= 4 is 5.69 Å². The first-order valence-electron chi connectivity index (χ1n) is 13.1. The van der Waals surface area contributed by atoms with Crippen LogP contribution in [0, 0.1) is 29.1 Å². The maximum Gasteiger partial charge on any atom is 0.0317 e. The quantitative estimate of drug-likeness (QED) is 0.527. The Morgan fingerprint density at radius 3 is 2.67 bits per heavy atom. The summed E-state index contributed by atoms with van der Waals surface area (Å²) in [7, 11) is 0. The molecule has 6 unspecified atom stereocenters. The fourth-order valence-electron chi connectivity index (χ4n) is 8.50. The van der Waals surface area contributed by atoms with Crippen molar-refractivity contribution in [2.75, 3.05) is 18.8 Å². The van der Waals surface area contributed by atoms with Gasteiger partial charge in [0.05, 0.1) is 0 Å². The first-order valence-corrected chi connectivity index (χ1v) is 13.1. The Kier molecular flexibility index (Phi) is 5.24. The van der Waals surface area contributed by atoms with E-state index in [2.05, 4.69) is 50.8 Å². The standard InChI is InChI=1S/C28H44N2/c1-5-7-23(19(3)6-2)24-12-13-27(4)26-16-21-10-11-22(29)17-25(21)28(24,27)14-15-30(26)18-20-8-9-20/h10-11,17,19-20,23-24,26H,5-9,12-16,18,29H2,1-4H3. The van der Waals surface area contributed by atoms with Gasteiger partial charge in [-0.25, -0.2) is 0 Å². The molecule has 2 nitrogen and oxygen atoms in total. The molecular formula is C28H44N2. The van der Waals surface area contributed by atoms with Crippen LogP contribution in [0.1, 0.15) is 90.2 Å². The second kappa shape index (κ2) is 7.54. The molecule has 6 atom stereocenters. The van der Waals surface area contributed by atoms with E-state index >= 15 is 0 Å². The third-order valence-corrected chi connectivity index (χ3v) is 10.3. The van der Waals surface area contributed by atoms with Gasteiger partial charge in [-0.05, 0) is 97.4 Å². The summed E-state index contributed by atoms with van der Waals surface area (Å²) < 4.78 is 0. The Morgan fingerprint density at radius 1 is 1.17 bits per heavy atom. The van der Waals surface area contributed by atoms with Crippen LogP contribution in [0.5, 0.6) is 0 Å². The molecule has 0 spiro atoms. The zero-order valence-electron chi connectivity index (χ0n) is 19.9. The van der Waals surface area contributed by atoms with E-state index in [9.17, 15) is 0 Å². The lowest BCUT2D eigenvalue weighted by atomic mass is 9.46. The molecule has 2 bridgehead atoms. The molecule has 30 heavy (non-hydrogen) atoms. The van der Waals surface area contributed by atoms with Gasteiger partial charge in [0.1, 0.15) is 0 Å². The number of nitrogen functional groups attached to an aromatic ring is 1. The van der Waals surface area contributed by atoms with Crippen LogP contribution in [-0.2, 0) is 11.8 Å². The Balaban J connectivity index is 1.63. The number of anilines is 1. The number of fused-ring (bicyclic) bond motifs is 1. The molecule has 1 aromatic rings. The van der Waals surface area contributed by atoms with Gasteiger partial charge in [-0.3, -0.25) is 4.90 Å². The molecule has 3 fully saturated rings. The van der Waals surface area contributed by atoms with Crippen LogP contribution in [0.3, 0.4) is 0 Å². The Hall–Kier alpha value is -1.02. The summed E-state index contributed by atoms with van der Waals surface area (Å²) in [4.78, 5) is 2.94. The van der Waals surface area contributed by atoms with E-state index in [1.807, 2.05) is 0 Å². The summed E-state index contributed by atoms with van der Waals surface area (Å²) in [5, 5.41) is 0. The number of likely N-dealkylation sites (tertiary alicyclic amines) is 1. The van der Waals surface area contributed by atoms with Gasteiger partial charge in [-0.2, -0.15) is 0 Å². The van der Waals surface area contributed by atoms with Crippen molar-refractivity contribution in [2.45, 2.75) is 96.9 Å². The predicted octanol–water partition coefficient (Wildman–Crippen LogP) is 6.43. The first kappa shape index (κ1) is 20.9.